The van der Waals surface area contributed by atoms with Gasteiger partial charge in [-0.15, -0.1) is 11.3 Å². The van der Waals surface area contributed by atoms with Crippen LogP contribution in [-0.4, -0.2) is 84.6 Å². The Labute approximate surface area is 205 Å². The van der Waals surface area contributed by atoms with Crippen molar-refractivity contribution in [2.24, 2.45) is 0 Å². The van der Waals surface area contributed by atoms with E-state index in [1.54, 1.807) is 11.3 Å². The minimum atomic E-state index is 0.0496. The molecule has 0 radical (unpaired) electrons. The second-order valence-electron chi connectivity index (χ2n) is 9.14. The topological polar surface area (TPSA) is 60.9 Å². The highest BCUT2D eigenvalue weighted by molar-refractivity contribution is 7.18. The zero-order valence-electron chi connectivity index (χ0n) is 19.8. The van der Waals surface area contributed by atoms with Crippen molar-refractivity contribution in [1.29, 1.82) is 0 Å². The van der Waals surface area contributed by atoms with Crippen LogP contribution in [0, 0.1) is 0 Å². The highest BCUT2D eigenvalue weighted by Gasteiger charge is 2.25. The Morgan fingerprint density at radius 2 is 1.74 bits per heavy atom. The summed E-state index contributed by atoms with van der Waals surface area (Å²) in [7, 11) is 0. The van der Waals surface area contributed by atoms with Gasteiger partial charge in [-0.25, -0.2) is 4.98 Å². The second kappa shape index (κ2) is 10.9. The maximum atomic E-state index is 12.6. The van der Waals surface area contributed by atoms with Gasteiger partial charge < -0.3 is 10.1 Å². The first-order chi connectivity index (χ1) is 16.6. The summed E-state index contributed by atoms with van der Waals surface area (Å²) in [5, 5.41) is 4.23. The van der Waals surface area contributed by atoms with Gasteiger partial charge in [0.25, 0.3) is 0 Å². The predicted octanol–water partition coefficient (Wildman–Crippen LogP) is 3.45. The molecule has 1 atom stereocenters. The number of carbonyl (C=O) groups excluding carboxylic acids is 1. The number of hydrogen-bond donors (Lipinski definition) is 1. The molecule has 2 aliphatic rings. The number of nitrogens with zero attached hydrogens (tertiary/aromatic N) is 4. The maximum Gasteiger partial charge on any atom is 0.238 e. The summed E-state index contributed by atoms with van der Waals surface area (Å²) in [5.74, 6) is 0.0496. The summed E-state index contributed by atoms with van der Waals surface area (Å²) in [6.45, 7) is 10.8. The molecule has 1 amide bonds. The summed E-state index contributed by atoms with van der Waals surface area (Å²) < 4.78 is 6.66. The third-order valence-electron chi connectivity index (χ3n) is 6.74. The number of benzene rings is 2. The molecule has 2 aromatic carbocycles. The van der Waals surface area contributed by atoms with Crippen LogP contribution in [0.4, 0.5) is 5.69 Å². The van der Waals surface area contributed by atoms with Crippen LogP contribution in [0.15, 0.2) is 48.5 Å². The SMILES string of the molecule is C[C@@H](c1nc2ccccc2s1)N1CCN(CC(=O)Nc2ccc(CN3CCOCC3)cc2)CC1. The normalized spacial score (nSPS) is 19.3. The van der Waals surface area contributed by atoms with Gasteiger partial charge in [-0.2, -0.15) is 0 Å². The molecule has 2 aliphatic heterocycles. The van der Waals surface area contributed by atoms with Crippen LogP contribution in [-0.2, 0) is 16.1 Å². The van der Waals surface area contributed by atoms with Crippen molar-refractivity contribution in [2.45, 2.75) is 19.5 Å². The Kier molecular flexibility index (Phi) is 7.51. The predicted molar refractivity (Wildman–Crippen MR) is 137 cm³/mol. The van der Waals surface area contributed by atoms with Crippen molar-refractivity contribution in [1.82, 2.24) is 19.7 Å². The minimum Gasteiger partial charge on any atom is -0.379 e. The number of hydrogen-bond acceptors (Lipinski definition) is 7. The molecule has 180 valence electrons. The molecule has 1 N–H and O–H groups in total. The Hall–Kier alpha value is -2.36. The van der Waals surface area contributed by atoms with Crippen LogP contribution >= 0.6 is 11.3 Å². The first-order valence-corrected chi connectivity index (χ1v) is 13.0. The highest BCUT2D eigenvalue weighted by Crippen LogP contribution is 2.29. The largest absolute Gasteiger partial charge is 0.379 e. The van der Waals surface area contributed by atoms with E-state index >= 15 is 0 Å². The zero-order valence-corrected chi connectivity index (χ0v) is 20.6. The molecule has 3 heterocycles. The molecular weight excluding hydrogens is 446 g/mol. The van der Waals surface area contributed by atoms with Crippen LogP contribution in [0.25, 0.3) is 10.2 Å². The fraction of sp³-hybridized carbons (Fsp3) is 0.462. The molecule has 2 fully saturated rings. The van der Waals surface area contributed by atoms with Crippen molar-refractivity contribution in [3.05, 3.63) is 59.1 Å². The number of nitrogens with one attached hydrogen (secondary N) is 1. The van der Waals surface area contributed by atoms with Gasteiger partial charge in [0, 0.05) is 51.5 Å². The van der Waals surface area contributed by atoms with Gasteiger partial charge in [-0.05, 0) is 36.8 Å². The van der Waals surface area contributed by atoms with Gasteiger partial charge in [0.05, 0.1) is 36.0 Å². The van der Waals surface area contributed by atoms with Gasteiger partial charge in [-0.1, -0.05) is 24.3 Å². The van der Waals surface area contributed by atoms with E-state index in [2.05, 4.69) is 57.3 Å². The molecule has 34 heavy (non-hydrogen) atoms. The molecule has 0 unspecified atom stereocenters. The summed E-state index contributed by atoms with van der Waals surface area (Å²) in [5.41, 5.74) is 3.20. The van der Waals surface area contributed by atoms with Crippen LogP contribution < -0.4 is 5.32 Å². The van der Waals surface area contributed by atoms with Crippen LogP contribution in [0.2, 0.25) is 0 Å². The third kappa shape index (κ3) is 5.82. The number of morpholine rings is 1. The number of piperazine rings is 1. The summed E-state index contributed by atoms with van der Waals surface area (Å²) in [4.78, 5) is 24.6. The average molecular weight is 480 g/mol. The molecule has 1 aromatic heterocycles. The number of amides is 1. The Morgan fingerprint density at radius 3 is 2.47 bits per heavy atom. The Balaban J connectivity index is 1.07. The van der Waals surface area contributed by atoms with Gasteiger partial charge in [-0.3, -0.25) is 19.5 Å². The number of carbonyl (C=O) groups is 1. The molecule has 0 bridgehead atoms. The van der Waals surface area contributed by atoms with E-state index in [9.17, 15) is 4.79 Å². The standard InChI is InChI=1S/C26H33N5O2S/c1-20(26-28-23-4-2-3-5-24(23)34-26)31-12-10-29(11-13-31)19-25(32)27-22-8-6-21(7-9-22)18-30-14-16-33-17-15-30/h2-9,20H,10-19H2,1H3,(H,27,32)/t20-/m0/s1. The third-order valence-corrected chi connectivity index (χ3v) is 7.94. The van der Waals surface area contributed by atoms with E-state index in [0.717, 1.165) is 70.2 Å². The number of anilines is 1. The average Bonchev–Trinajstić information content (AvgIpc) is 3.30. The van der Waals surface area contributed by atoms with E-state index < -0.39 is 0 Å². The lowest BCUT2D eigenvalue weighted by molar-refractivity contribution is -0.117. The smallest absolute Gasteiger partial charge is 0.238 e. The molecule has 0 aliphatic carbocycles. The van der Waals surface area contributed by atoms with Gasteiger partial charge in [0.1, 0.15) is 5.01 Å². The van der Waals surface area contributed by atoms with Crippen molar-refractivity contribution in [3.8, 4) is 0 Å². The van der Waals surface area contributed by atoms with Crippen molar-refractivity contribution < 1.29 is 9.53 Å². The Bertz CT molecular complexity index is 1060. The quantitative estimate of drug-likeness (QED) is 0.560. The number of ether oxygens (including phenoxy) is 1. The van der Waals surface area contributed by atoms with Gasteiger partial charge >= 0.3 is 0 Å². The highest BCUT2D eigenvalue weighted by atomic mass is 32.1. The summed E-state index contributed by atoms with van der Waals surface area (Å²) in [6, 6.07) is 16.8. The molecular formula is C26H33N5O2S. The molecule has 8 heteroatoms. The van der Waals surface area contributed by atoms with Crippen molar-refractivity contribution in [2.75, 3.05) is 64.3 Å². The van der Waals surface area contributed by atoms with E-state index in [1.807, 2.05) is 18.2 Å². The molecule has 7 nitrogen and oxygen atoms in total. The second-order valence-corrected chi connectivity index (χ2v) is 10.2. The number of fused-ring (bicyclic) bond motifs is 1. The first-order valence-electron chi connectivity index (χ1n) is 12.1. The minimum absolute atomic E-state index is 0.0496. The fourth-order valence-corrected chi connectivity index (χ4v) is 5.70. The van der Waals surface area contributed by atoms with E-state index in [-0.39, 0.29) is 5.91 Å². The number of aromatic nitrogens is 1. The number of thiazole rings is 1. The summed E-state index contributed by atoms with van der Waals surface area (Å²) >= 11 is 1.78. The fourth-order valence-electron chi connectivity index (χ4n) is 4.65. The molecule has 5 rings (SSSR count). The lowest BCUT2D eigenvalue weighted by atomic mass is 10.2. The first kappa shape index (κ1) is 23.4. The lowest BCUT2D eigenvalue weighted by Crippen LogP contribution is -2.49. The molecule has 2 saturated heterocycles. The van der Waals surface area contributed by atoms with Gasteiger partial charge in [0.2, 0.25) is 5.91 Å². The Morgan fingerprint density at radius 1 is 1.00 bits per heavy atom. The van der Waals surface area contributed by atoms with E-state index in [0.29, 0.717) is 12.6 Å². The zero-order chi connectivity index (χ0) is 23.3. The molecule has 0 spiro atoms. The number of rotatable bonds is 7. The van der Waals surface area contributed by atoms with Crippen LogP contribution in [0.3, 0.4) is 0 Å². The van der Waals surface area contributed by atoms with E-state index in [4.69, 9.17) is 9.72 Å². The van der Waals surface area contributed by atoms with Crippen LogP contribution in [0.5, 0.6) is 0 Å². The van der Waals surface area contributed by atoms with E-state index in [1.165, 1.54) is 15.3 Å². The number of para-hydroxylation sites is 1. The van der Waals surface area contributed by atoms with Crippen LogP contribution in [0.1, 0.15) is 23.5 Å². The lowest BCUT2D eigenvalue weighted by Gasteiger charge is -2.37. The van der Waals surface area contributed by atoms with Gasteiger partial charge in [0.15, 0.2) is 0 Å². The molecule has 0 saturated carbocycles. The monoisotopic (exact) mass is 479 g/mol. The molecule has 3 aromatic rings. The van der Waals surface area contributed by atoms with Crippen molar-refractivity contribution >= 4 is 33.1 Å². The van der Waals surface area contributed by atoms with Crippen molar-refractivity contribution in [3.63, 3.8) is 0 Å². The maximum absolute atomic E-state index is 12.6. The summed E-state index contributed by atoms with van der Waals surface area (Å²) in [6.07, 6.45) is 0.